The number of methoxy groups -OCH3 is 1. The Hall–Kier alpha value is -2.02. The van der Waals surface area contributed by atoms with E-state index in [9.17, 15) is 4.79 Å². The van der Waals surface area contributed by atoms with E-state index in [2.05, 4.69) is 27.9 Å². The van der Waals surface area contributed by atoms with Gasteiger partial charge < -0.3 is 14.5 Å². The Morgan fingerprint density at radius 1 is 1.18 bits per heavy atom. The molecule has 0 aliphatic rings. The van der Waals surface area contributed by atoms with Gasteiger partial charge in [-0.25, -0.2) is 0 Å². The maximum Gasteiger partial charge on any atom is 0.291 e. The number of hydrogen-bond donors (Lipinski definition) is 1. The van der Waals surface area contributed by atoms with Crippen molar-refractivity contribution in [2.24, 2.45) is 0 Å². The van der Waals surface area contributed by atoms with Crippen LogP contribution in [-0.2, 0) is 0 Å². The Morgan fingerprint density at radius 2 is 2.00 bits per heavy atom. The fraction of sp³-hybridized carbons (Fsp3) is 0.118. The number of carbonyl (C=O) groups excluding carboxylic acids is 1. The average molecular weight is 407 g/mol. The lowest BCUT2D eigenvalue weighted by atomic mass is 10.2. The number of anilines is 1. The summed E-state index contributed by atoms with van der Waals surface area (Å²) in [5.74, 6) is 0.745. The highest BCUT2D eigenvalue weighted by atomic mass is 127. The molecule has 2 aromatic carbocycles. The monoisotopic (exact) mass is 407 g/mol. The van der Waals surface area contributed by atoms with E-state index in [0.29, 0.717) is 5.58 Å². The highest BCUT2D eigenvalue weighted by Gasteiger charge is 2.14. The predicted octanol–water partition coefficient (Wildman–Crippen LogP) is 4.61. The van der Waals surface area contributed by atoms with Crippen LogP contribution in [0.3, 0.4) is 0 Å². The van der Waals surface area contributed by atoms with Crippen LogP contribution in [0.2, 0.25) is 0 Å². The molecule has 0 spiro atoms. The van der Waals surface area contributed by atoms with Crippen LogP contribution in [0.5, 0.6) is 5.75 Å². The van der Waals surface area contributed by atoms with Crippen molar-refractivity contribution < 1.29 is 13.9 Å². The maximum absolute atomic E-state index is 12.3. The first kappa shape index (κ1) is 14.9. The van der Waals surface area contributed by atoms with E-state index in [-0.39, 0.29) is 11.7 Å². The first-order valence-electron chi connectivity index (χ1n) is 6.72. The van der Waals surface area contributed by atoms with Gasteiger partial charge in [-0.15, -0.1) is 0 Å². The number of furan rings is 1. The van der Waals surface area contributed by atoms with Crippen LogP contribution >= 0.6 is 22.6 Å². The van der Waals surface area contributed by atoms with Gasteiger partial charge in [0.15, 0.2) is 5.76 Å². The molecule has 4 nitrogen and oxygen atoms in total. The van der Waals surface area contributed by atoms with Gasteiger partial charge in [-0.2, -0.15) is 0 Å². The summed E-state index contributed by atoms with van der Waals surface area (Å²) < 4.78 is 11.9. The molecule has 0 aliphatic carbocycles. The number of nitrogens with one attached hydrogen (secondary N) is 1. The molecule has 3 aromatic rings. The maximum atomic E-state index is 12.3. The number of benzene rings is 2. The number of amides is 1. The van der Waals surface area contributed by atoms with Crippen LogP contribution in [0.4, 0.5) is 5.69 Å². The number of fused-ring (bicyclic) bond motifs is 1. The molecule has 1 amide bonds. The van der Waals surface area contributed by atoms with Crippen LogP contribution in [0, 0.1) is 10.5 Å². The summed E-state index contributed by atoms with van der Waals surface area (Å²) in [5, 5.41) is 3.71. The smallest absolute Gasteiger partial charge is 0.291 e. The molecule has 0 aliphatic heterocycles. The zero-order valence-electron chi connectivity index (χ0n) is 12.1. The summed E-state index contributed by atoms with van der Waals surface area (Å²) in [4.78, 5) is 12.3. The van der Waals surface area contributed by atoms with Crippen LogP contribution in [0.1, 0.15) is 16.1 Å². The van der Waals surface area contributed by atoms with E-state index in [1.165, 1.54) is 0 Å². The zero-order chi connectivity index (χ0) is 15.7. The molecule has 3 rings (SSSR count). The van der Waals surface area contributed by atoms with Crippen LogP contribution < -0.4 is 10.1 Å². The molecular weight excluding hydrogens is 393 g/mol. The van der Waals surface area contributed by atoms with Crippen LogP contribution in [-0.4, -0.2) is 13.0 Å². The lowest BCUT2D eigenvalue weighted by molar-refractivity contribution is 0.0998. The minimum Gasteiger partial charge on any atom is -0.497 e. The lowest BCUT2D eigenvalue weighted by Gasteiger charge is -2.07. The lowest BCUT2D eigenvalue weighted by Crippen LogP contribution is -2.11. The average Bonchev–Trinajstić information content (AvgIpc) is 2.93. The van der Waals surface area contributed by atoms with Gasteiger partial charge >= 0.3 is 0 Å². The van der Waals surface area contributed by atoms with Crippen molar-refractivity contribution in [3.05, 3.63) is 57.4 Å². The third kappa shape index (κ3) is 2.94. The van der Waals surface area contributed by atoms with Gasteiger partial charge in [0.1, 0.15) is 11.3 Å². The van der Waals surface area contributed by atoms with Gasteiger partial charge in [0.2, 0.25) is 0 Å². The fourth-order valence-electron chi connectivity index (χ4n) is 2.21. The van der Waals surface area contributed by atoms with E-state index in [1.807, 2.05) is 31.2 Å². The molecule has 5 heteroatoms. The second-order valence-electron chi connectivity index (χ2n) is 4.93. The number of rotatable bonds is 3. The van der Waals surface area contributed by atoms with Gasteiger partial charge in [0.25, 0.3) is 5.91 Å². The molecule has 22 heavy (non-hydrogen) atoms. The van der Waals surface area contributed by atoms with Gasteiger partial charge in [-0.05, 0) is 77.5 Å². The van der Waals surface area contributed by atoms with Crippen molar-refractivity contribution in [3.8, 4) is 5.75 Å². The second-order valence-corrected chi connectivity index (χ2v) is 6.17. The Balaban J connectivity index is 1.88. The number of aryl methyl sites for hydroxylation is 1. The quantitative estimate of drug-likeness (QED) is 0.646. The van der Waals surface area contributed by atoms with E-state index in [0.717, 1.165) is 26.0 Å². The second kappa shape index (κ2) is 6.00. The fourth-order valence-corrected chi connectivity index (χ4v) is 2.86. The van der Waals surface area contributed by atoms with Crippen molar-refractivity contribution in [1.82, 2.24) is 0 Å². The molecule has 112 valence electrons. The van der Waals surface area contributed by atoms with Gasteiger partial charge in [0, 0.05) is 14.6 Å². The minimum absolute atomic E-state index is 0.264. The SMILES string of the molecule is COc1ccc2oc(C(=O)Nc3ccc(I)cc3C)cc2c1. The number of halogens is 1. The normalized spacial score (nSPS) is 10.7. The Morgan fingerprint density at radius 3 is 2.73 bits per heavy atom. The standard InChI is InChI=1S/C17H14INO3/c1-10-7-12(18)3-5-14(10)19-17(20)16-9-11-8-13(21-2)4-6-15(11)22-16/h3-9H,1-2H3,(H,19,20). The van der Waals surface area contributed by atoms with Gasteiger partial charge in [0.05, 0.1) is 7.11 Å². The summed E-state index contributed by atoms with van der Waals surface area (Å²) in [6.07, 6.45) is 0. The highest BCUT2D eigenvalue weighted by molar-refractivity contribution is 14.1. The molecule has 1 N–H and O–H groups in total. The van der Waals surface area contributed by atoms with E-state index >= 15 is 0 Å². The van der Waals surface area contributed by atoms with E-state index < -0.39 is 0 Å². The Bertz CT molecular complexity index is 854. The number of hydrogen-bond acceptors (Lipinski definition) is 3. The summed E-state index contributed by atoms with van der Waals surface area (Å²) >= 11 is 2.24. The highest BCUT2D eigenvalue weighted by Crippen LogP contribution is 2.25. The summed E-state index contributed by atoms with van der Waals surface area (Å²) in [6, 6.07) is 13.0. The van der Waals surface area contributed by atoms with Crippen LogP contribution in [0.15, 0.2) is 46.9 Å². The molecule has 0 radical (unpaired) electrons. The molecule has 0 saturated carbocycles. The van der Waals surface area contributed by atoms with Crippen molar-refractivity contribution in [1.29, 1.82) is 0 Å². The topological polar surface area (TPSA) is 51.5 Å². The molecule has 1 heterocycles. The largest absolute Gasteiger partial charge is 0.497 e. The zero-order valence-corrected chi connectivity index (χ0v) is 14.3. The van der Waals surface area contributed by atoms with Gasteiger partial charge in [-0.3, -0.25) is 4.79 Å². The third-order valence-corrected chi connectivity index (χ3v) is 4.05. The third-order valence-electron chi connectivity index (χ3n) is 3.38. The van der Waals surface area contributed by atoms with Crippen LogP contribution in [0.25, 0.3) is 11.0 Å². The molecular formula is C17H14INO3. The molecule has 0 saturated heterocycles. The molecule has 0 unspecified atom stereocenters. The Labute approximate surface area is 141 Å². The van der Waals surface area contributed by atoms with Gasteiger partial charge in [-0.1, -0.05) is 0 Å². The van der Waals surface area contributed by atoms with Crippen molar-refractivity contribution in [3.63, 3.8) is 0 Å². The summed E-state index contributed by atoms with van der Waals surface area (Å²) in [7, 11) is 1.61. The predicted molar refractivity (Wildman–Crippen MR) is 94.6 cm³/mol. The summed E-state index contributed by atoms with van der Waals surface area (Å²) in [6.45, 7) is 1.96. The molecule has 1 aromatic heterocycles. The van der Waals surface area contributed by atoms with E-state index in [1.54, 1.807) is 25.3 Å². The van der Waals surface area contributed by atoms with E-state index in [4.69, 9.17) is 9.15 Å². The molecule has 0 bridgehead atoms. The van der Waals surface area contributed by atoms with Crippen molar-refractivity contribution >= 4 is 45.2 Å². The number of ether oxygens (including phenoxy) is 1. The minimum atomic E-state index is -0.264. The first-order valence-corrected chi connectivity index (χ1v) is 7.80. The van der Waals surface area contributed by atoms with Crippen molar-refractivity contribution in [2.45, 2.75) is 6.92 Å². The van der Waals surface area contributed by atoms with Crippen molar-refractivity contribution in [2.75, 3.05) is 12.4 Å². The molecule has 0 atom stereocenters. The number of carbonyl (C=O) groups is 1. The summed E-state index contributed by atoms with van der Waals surface area (Å²) in [5.41, 5.74) is 2.45. The Kier molecular flexibility index (Phi) is 4.06. The molecule has 0 fully saturated rings. The first-order chi connectivity index (χ1) is 10.6.